The number of para-hydroxylation sites is 1. The number of benzene rings is 1. The number of hydrogen-bond acceptors (Lipinski definition) is 2. The van der Waals surface area contributed by atoms with Crippen molar-refractivity contribution in [2.45, 2.75) is 44.6 Å². The van der Waals surface area contributed by atoms with E-state index in [0.29, 0.717) is 11.0 Å². The van der Waals surface area contributed by atoms with Crippen LogP contribution in [-0.2, 0) is 0 Å². The van der Waals surface area contributed by atoms with Crippen LogP contribution in [-0.4, -0.2) is 20.6 Å². The van der Waals surface area contributed by atoms with Crippen molar-refractivity contribution in [2.24, 2.45) is 0 Å². The van der Waals surface area contributed by atoms with E-state index in [4.69, 9.17) is 0 Å². The summed E-state index contributed by atoms with van der Waals surface area (Å²) in [6, 6.07) is 5.10. The zero-order chi connectivity index (χ0) is 14.1. The first kappa shape index (κ1) is 13.0. The van der Waals surface area contributed by atoms with Crippen molar-refractivity contribution < 1.29 is 9.90 Å². The van der Waals surface area contributed by atoms with Crippen LogP contribution >= 0.6 is 0 Å². The zero-order valence-electron chi connectivity index (χ0n) is 11.3. The lowest BCUT2D eigenvalue weighted by Crippen LogP contribution is -2.22. The monoisotopic (exact) mass is 274 g/mol. The lowest BCUT2D eigenvalue weighted by atomic mass is 10.1. The quantitative estimate of drug-likeness (QED) is 0.827. The normalized spacial score (nSPS) is 17.2. The van der Waals surface area contributed by atoms with Crippen molar-refractivity contribution in [3.8, 4) is 0 Å². The zero-order valence-corrected chi connectivity index (χ0v) is 11.3. The molecular weight excluding hydrogens is 256 g/mol. The van der Waals surface area contributed by atoms with Crippen LogP contribution in [0.4, 0.5) is 0 Å². The number of carboxylic acids is 1. The van der Waals surface area contributed by atoms with Gasteiger partial charge in [0.15, 0.2) is 0 Å². The molecule has 5 nitrogen and oxygen atoms in total. The van der Waals surface area contributed by atoms with Gasteiger partial charge in [-0.1, -0.05) is 31.7 Å². The van der Waals surface area contributed by atoms with Gasteiger partial charge in [-0.2, -0.15) is 0 Å². The molecule has 1 aliphatic carbocycles. The Hall–Kier alpha value is -2.04. The highest BCUT2D eigenvalue weighted by atomic mass is 16.4. The smallest absolute Gasteiger partial charge is 0.337 e. The van der Waals surface area contributed by atoms with Gasteiger partial charge in [0.2, 0.25) is 0 Å². The van der Waals surface area contributed by atoms with Gasteiger partial charge in [-0.3, -0.25) is 4.57 Å². The summed E-state index contributed by atoms with van der Waals surface area (Å²) in [6.07, 6.45) is 6.47. The first-order valence-electron chi connectivity index (χ1n) is 7.15. The van der Waals surface area contributed by atoms with Gasteiger partial charge in [0.25, 0.3) is 0 Å². The van der Waals surface area contributed by atoms with Crippen molar-refractivity contribution >= 4 is 17.0 Å². The molecule has 1 aliphatic rings. The highest BCUT2D eigenvalue weighted by Crippen LogP contribution is 2.29. The summed E-state index contributed by atoms with van der Waals surface area (Å²) >= 11 is 0. The predicted octanol–water partition coefficient (Wildman–Crippen LogP) is 2.92. The molecule has 5 heteroatoms. The number of aromatic carboxylic acids is 1. The fourth-order valence-corrected chi connectivity index (χ4v) is 3.22. The number of H-pyrrole nitrogens is 1. The average Bonchev–Trinajstić information content (AvgIpc) is 2.62. The van der Waals surface area contributed by atoms with Gasteiger partial charge < -0.3 is 10.1 Å². The lowest BCUT2D eigenvalue weighted by Gasteiger charge is -2.16. The first-order chi connectivity index (χ1) is 9.68. The second kappa shape index (κ2) is 5.15. The third kappa shape index (κ3) is 2.13. The highest BCUT2D eigenvalue weighted by Gasteiger charge is 2.22. The van der Waals surface area contributed by atoms with E-state index in [1.807, 2.05) is 0 Å². The van der Waals surface area contributed by atoms with E-state index in [2.05, 4.69) is 4.98 Å². The minimum absolute atomic E-state index is 0.110. The standard InChI is InChI=1S/C15H18N2O3/c18-14(19)11-8-5-9-12-13(11)17(15(20)16-12)10-6-3-1-2-4-7-10/h5,8-10H,1-4,6-7H2,(H,16,20)(H,18,19). The van der Waals surface area contributed by atoms with Crippen molar-refractivity contribution in [3.05, 3.63) is 34.2 Å². The Kier molecular flexibility index (Phi) is 3.34. The third-order valence-corrected chi connectivity index (χ3v) is 4.16. The van der Waals surface area contributed by atoms with Crippen molar-refractivity contribution in [1.29, 1.82) is 0 Å². The van der Waals surface area contributed by atoms with E-state index >= 15 is 0 Å². The Morgan fingerprint density at radius 2 is 1.90 bits per heavy atom. The second-order valence-electron chi connectivity index (χ2n) is 5.45. The molecule has 20 heavy (non-hydrogen) atoms. The number of aromatic amines is 1. The summed E-state index contributed by atoms with van der Waals surface area (Å²) in [5, 5.41) is 9.34. The molecule has 0 aliphatic heterocycles. The van der Waals surface area contributed by atoms with Crippen LogP contribution in [0.5, 0.6) is 0 Å². The van der Waals surface area contributed by atoms with E-state index in [-0.39, 0.29) is 17.3 Å². The Bertz CT molecular complexity index is 691. The molecule has 0 atom stereocenters. The summed E-state index contributed by atoms with van der Waals surface area (Å²) < 4.78 is 1.67. The van der Waals surface area contributed by atoms with Crippen molar-refractivity contribution in [1.82, 2.24) is 9.55 Å². The second-order valence-corrected chi connectivity index (χ2v) is 5.45. The number of hydrogen-bond donors (Lipinski definition) is 2. The number of nitrogens with one attached hydrogen (secondary N) is 1. The molecule has 0 spiro atoms. The molecule has 1 aromatic carbocycles. The molecule has 1 heterocycles. The summed E-state index contributed by atoms with van der Waals surface area (Å²) in [7, 11) is 0. The summed E-state index contributed by atoms with van der Waals surface area (Å²) in [5.41, 5.74) is 1.15. The summed E-state index contributed by atoms with van der Waals surface area (Å²) in [4.78, 5) is 26.4. The van der Waals surface area contributed by atoms with E-state index < -0.39 is 5.97 Å². The maximum Gasteiger partial charge on any atom is 0.337 e. The fourth-order valence-electron chi connectivity index (χ4n) is 3.22. The van der Waals surface area contributed by atoms with Gasteiger partial charge in [-0.25, -0.2) is 9.59 Å². The van der Waals surface area contributed by atoms with Crippen LogP contribution in [0.2, 0.25) is 0 Å². The Balaban J connectivity index is 2.20. The third-order valence-electron chi connectivity index (χ3n) is 4.16. The van der Waals surface area contributed by atoms with Gasteiger partial charge in [0.1, 0.15) is 0 Å². The van der Waals surface area contributed by atoms with Gasteiger partial charge in [0.05, 0.1) is 16.6 Å². The van der Waals surface area contributed by atoms with Crippen LogP contribution in [0.15, 0.2) is 23.0 Å². The number of rotatable bonds is 2. The number of aromatic nitrogens is 2. The summed E-state index contributed by atoms with van der Waals surface area (Å²) in [6.45, 7) is 0. The number of carbonyl (C=O) groups is 1. The minimum Gasteiger partial charge on any atom is -0.478 e. The minimum atomic E-state index is -0.989. The first-order valence-corrected chi connectivity index (χ1v) is 7.15. The molecule has 0 amide bonds. The topological polar surface area (TPSA) is 75.1 Å². The molecule has 2 aromatic rings. The van der Waals surface area contributed by atoms with Gasteiger partial charge >= 0.3 is 11.7 Å². The van der Waals surface area contributed by atoms with E-state index in [0.717, 1.165) is 25.7 Å². The van der Waals surface area contributed by atoms with Crippen LogP contribution in [0, 0.1) is 0 Å². The molecule has 0 unspecified atom stereocenters. The van der Waals surface area contributed by atoms with Crippen LogP contribution in [0.3, 0.4) is 0 Å². The predicted molar refractivity (Wildman–Crippen MR) is 76.3 cm³/mol. The molecule has 106 valence electrons. The van der Waals surface area contributed by atoms with Gasteiger partial charge in [0, 0.05) is 6.04 Å². The maximum absolute atomic E-state index is 12.2. The molecule has 3 rings (SSSR count). The highest BCUT2D eigenvalue weighted by molar-refractivity contribution is 6.01. The number of fused-ring (bicyclic) bond motifs is 1. The van der Waals surface area contributed by atoms with Crippen LogP contribution in [0.25, 0.3) is 11.0 Å². The Labute approximate surface area is 116 Å². The van der Waals surface area contributed by atoms with Gasteiger partial charge in [-0.05, 0) is 25.0 Å². The number of imidazole rings is 1. The molecule has 1 fully saturated rings. The SMILES string of the molecule is O=C(O)c1cccc2[nH]c(=O)n(C3CCCCCC3)c12. The number of nitrogens with zero attached hydrogens (tertiary/aromatic N) is 1. The maximum atomic E-state index is 12.2. The van der Waals surface area contributed by atoms with Crippen molar-refractivity contribution in [3.63, 3.8) is 0 Å². The van der Waals surface area contributed by atoms with E-state index in [1.54, 1.807) is 22.8 Å². The lowest BCUT2D eigenvalue weighted by molar-refractivity contribution is 0.0698. The molecule has 2 N–H and O–H groups in total. The van der Waals surface area contributed by atoms with Crippen molar-refractivity contribution in [2.75, 3.05) is 0 Å². The molecule has 0 saturated heterocycles. The molecular formula is C15H18N2O3. The van der Waals surface area contributed by atoms with E-state index in [1.165, 1.54) is 12.8 Å². The van der Waals surface area contributed by atoms with Gasteiger partial charge in [-0.15, -0.1) is 0 Å². The molecule has 1 aromatic heterocycles. The largest absolute Gasteiger partial charge is 0.478 e. The molecule has 0 radical (unpaired) electrons. The Morgan fingerprint density at radius 3 is 2.55 bits per heavy atom. The molecule has 0 bridgehead atoms. The van der Waals surface area contributed by atoms with E-state index in [9.17, 15) is 14.7 Å². The number of carboxylic acid groups (broad SMARTS) is 1. The fraction of sp³-hybridized carbons (Fsp3) is 0.467. The Morgan fingerprint density at radius 1 is 1.20 bits per heavy atom. The molecule has 1 saturated carbocycles. The summed E-state index contributed by atoms with van der Waals surface area (Å²) in [5.74, 6) is -0.989. The average molecular weight is 274 g/mol. The van der Waals surface area contributed by atoms with Crippen LogP contribution < -0.4 is 5.69 Å². The van der Waals surface area contributed by atoms with Crippen LogP contribution in [0.1, 0.15) is 54.9 Å².